The summed E-state index contributed by atoms with van der Waals surface area (Å²) in [5, 5.41) is 12.4. The third kappa shape index (κ3) is 3.71. The molecule has 1 heterocycles. The van der Waals surface area contributed by atoms with Gasteiger partial charge in [-0.2, -0.15) is 5.26 Å². The van der Waals surface area contributed by atoms with Gasteiger partial charge in [-0.15, -0.1) is 0 Å². The molecular formula is C15H18ClN3O. The van der Waals surface area contributed by atoms with Crippen molar-refractivity contribution >= 4 is 17.5 Å². The highest BCUT2D eigenvalue weighted by molar-refractivity contribution is 6.29. The maximum Gasteiger partial charge on any atom is 0.252 e. The summed E-state index contributed by atoms with van der Waals surface area (Å²) in [6, 6.07) is 5.00. The Labute approximate surface area is 124 Å². The molecule has 1 amide bonds. The number of nitrogens with one attached hydrogen (secondary N) is 1. The highest BCUT2D eigenvalue weighted by atomic mass is 35.5. The van der Waals surface area contributed by atoms with Gasteiger partial charge in [-0.1, -0.05) is 30.9 Å². The molecule has 5 heteroatoms. The van der Waals surface area contributed by atoms with E-state index >= 15 is 0 Å². The maximum atomic E-state index is 12.2. The van der Waals surface area contributed by atoms with Crippen molar-refractivity contribution in [1.29, 1.82) is 5.26 Å². The number of hydrogen-bond acceptors (Lipinski definition) is 3. The third-order valence-corrected chi connectivity index (χ3v) is 3.92. The second kappa shape index (κ2) is 6.71. The first-order valence-electron chi connectivity index (χ1n) is 6.95. The van der Waals surface area contributed by atoms with Gasteiger partial charge in [0.25, 0.3) is 5.91 Å². The van der Waals surface area contributed by atoms with Gasteiger partial charge in [0.15, 0.2) is 0 Å². The molecule has 4 nitrogen and oxygen atoms in total. The molecule has 0 aromatic carbocycles. The summed E-state index contributed by atoms with van der Waals surface area (Å²) in [7, 11) is 0. The fourth-order valence-electron chi connectivity index (χ4n) is 2.71. The summed E-state index contributed by atoms with van der Waals surface area (Å²) in [6.45, 7) is 1.78. The van der Waals surface area contributed by atoms with Crippen LogP contribution in [0.25, 0.3) is 0 Å². The number of pyridine rings is 1. The molecule has 0 aliphatic heterocycles. The van der Waals surface area contributed by atoms with E-state index in [-0.39, 0.29) is 11.8 Å². The molecular weight excluding hydrogens is 274 g/mol. The number of hydrogen-bond donors (Lipinski definition) is 1. The smallest absolute Gasteiger partial charge is 0.252 e. The van der Waals surface area contributed by atoms with Crippen LogP contribution >= 0.6 is 11.6 Å². The van der Waals surface area contributed by atoms with Crippen LogP contribution in [0.1, 0.15) is 48.2 Å². The Bertz CT molecular complexity index is 512. The van der Waals surface area contributed by atoms with Gasteiger partial charge in [0.05, 0.1) is 6.07 Å². The van der Waals surface area contributed by atoms with E-state index in [0.717, 1.165) is 25.7 Å². The van der Waals surface area contributed by atoms with Crippen molar-refractivity contribution < 1.29 is 4.79 Å². The maximum absolute atomic E-state index is 12.2. The Hall–Kier alpha value is -1.60. The fraction of sp³-hybridized carbons (Fsp3) is 0.533. The number of carbonyl (C=O) groups excluding carboxylic acids is 1. The van der Waals surface area contributed by atoms with Gasteiger partial charge in [0.1, 0.15) is 11.2 Å². The first-order chi connectivity index (χ1) is 9.60. The summed E-state index contributed by atoms with van der Waals surface area (Å²) < 4.78 is 0. The topological polar surface area (TPSA) is 65.8 Å². The summed E-state index contributed by atoms with van der Waals surface area (Å²) in [4.78, 5) is 16.2. The predicted octanol–water partition coefficient (Wildman–Crippen LogP) is 3.25. The van der Waals surface area contributed by atoms with Gasteiger partial charge in [-0.25, -0.2) is 4.98 Å². The van der Waals surface area contributed by atoms with Crippen LogP contribution in [0.3, 0.4) is 0 Å². The Balaban J connectivity index is 2.07. The molecule has 0 spiro atoms. The SMILES string of the molecule is Cc1cc(C(=O)NC(C#N)C2CCCCC2)cc(Cl)n1. The zero-order valence-corrected chi connectivity index (χ0v) is 12.3. The highest BCUT2D eigenvalue weighted by Crippen LogP contribution is 2.26. The molecule has 0 bridgehead atoms. The van der Waals surface area contributed by atoms with Crippen LogP contribution in [0.2, 0.25) is 5.15 Å². The van der Waals surface area contributed by atoms with Gasteiger partial charge in [0.2, 0.25) is 0 Å². The fourth-order valence-corrected chi connectivity index (χ4v) is 2.96. The minimum Gasteiger partial charge on any atom is -0.336 e. The van der Waals surface area contributed by atoms with E-state index in [1.807, 2.05) is 0 Å². The summed E-state index contributed by atoms with van der Waals surface area (Å²) in [5.41, 5.74) is 1.15. The largest absolute Gasteiger partial charge is 0.336 e. The Morgan fingerprint density at radius 3 is 2.75 bits per heavy atom. The second-order valence-corrected chi connectivity index (χ2v) is 5.69. The molecule has 1 aromatic heterocycles. The van der Waals surface area contributed by atoms with E-state index < -0.39 is 6.04 Å². The average molecular weight is 292 g/mol. The molecule has 1 saturated carbocycles. The normalized spacial score (nSPS) is 17.2. The van der Waals surface area contributed by atoms with Crippen LogP contribution in [0.5, 0.6) is 0 Å². The van der Waals surface area contributed by atoms with E-state index in [1.54, 1.807) is 13.0 Å². The standard InChI is InChI=1S/C15H18ClN3O/c1-10-7-12(8-14(16)18-10)15(20)19-13(9-17)11-5-3-2-4-6-11/h7-8,11,13H,2-6H2,1H3,(H,19,20). The monoisotopic (exact) mass is 291 g/mol. The van der Waals surface area contributed by atoms with Crippen molar-refractivity contribution in [3.63, 3.8) is 0 Å². The lowest BCUT2D eigenvalue weighted by atomic mass is 9.84. The molecule has 20 heavy (non-hydrogen) atoms. The number of nitriles is 1. The lowest BCUT2D eigenvalue weighted by Gasteiger charge is -2.26. The second-order valence-electron chi connectivity index (χ2n) is 5.30. The quantitative estimate of drug-likeness (QED) is 0.869. The molecule has 1 fully saturated rings. The van der Waals surface area contributed by atoms with Gasteiger partial charge in [-0.3, -0.25) is 4.79 Å². The number of aryl methyl sites for hydroxylation is 1. The van der Waals surface area contributed by atoms with Crippen molar-refractivity contribution in [3.05, 3.63) is 28.5 Å². The number of amides is 1. The van der Waals surface area contributed by atoms with E-state index in [9.17, 15) is 10.1 Å². The highest BCUT2D eigenvalue weighted by Gasteiger charge is 2.25. The zero-order valence-electron chi connectivity index (χ0n) is 11.5. The molecule has 2 rings (SSSR count). The number of nitrogens with zero attached hydrogens (tertiary/aromatic N) is 2. The summed E-state index contributed by atoms with van der Waals surface area (Å²) in [6.07, 6.45) is 5.52. The predicted molar refractivity (Wildman–Crippen MR) is 77.4 cm³/mol. The van der Waals surface area contributed by atoms with Crippen molar-refractivity contribution in [3.8, 4) is 6.07 Å². The Kier molecular flexibility index (Phi) is 4.97. The minimum atomic E-state index is -0.421. The first kappa shape index (κ1) is 14.8. The van der Waals surface area contributed by atoms with Crippen LogP contribution in [-0.2, 0) is 0 Å². The molecule has 1 aliphatic carbocycles. The van der Waals surface area contributed by atoms with Crippen LogP contribution in [0.15, 0.2) is 12.1 Å². The average Bonchev–Trinajstić information content (AvgIpc) is 2.44. The molecule has 1 aliphatic rings. The van der Waals surface area contributed by atoms with Crippen molar-refractivity contribution in [2.75, 3.05) is 0 Å². The molecule has 0 radical (unpaired) electrons. The van der Waals surface area contributed by atoms with Crippen LogP contribution in [0.4, 0.5) is 0 Å². The van der Waals surface area contributed by atoms with Gasteiger partial charge < -0.3 is 5.32 Å². The van der Waals surface area contributed by atoms with E-state index in [2.05, 4.69) is 16.4 Å². The van der Waals surface area contributed by atoms with Crippen LogP contribution < -0.4 is 5.32 Å². The zero-order chi connectivity index (χ0) is 14.5. The van der Waals surface area contributed by atoms with Gasteiger partial charge in [-0.05, 0) is 37.8 Å². The molecule has 1 aromatic rings. The van der Waals surface area contributed by atoms with E-state index in [1.165, 1.54) is 12.5 Å². The van der Waals surface area contributed by atoms with Crippen LogP contribution in [0, 0.1) is 24.2 Å². The van der Waals surface area contributed by atoms with E-state index in [0.29, 0.717) is 16.4 Å². The third-order valence-electron chi connectivity index (χ3n) is 3.73. The number of halogens is 1. The van der Waals surface area contributed by atoms with Crippen LogP contribution in [-0.4, -0.2) is 16.9 Å². The van der Waals surface area contributed by atoms with Crippen molar-refractivity contribution in [2.24, 2.45) is 5.92 Å². The molecule has 106 valence electrons. The lowest BCUT2D eigenvalue weighted by molar-refractivity contribution is 0.0928. The summed E-state index contributed by atoms with van der Waals surface area (Å²) in [5.74, 6) is 0.00521. The lowest BCUT2D eigenvalue weighted by Crippen LogP contribution is -2.40. The van der Waals surface area contributed by atoms with Crippen molar-refractivity contribution in [1.82, 2.24) is 10.3 Å². The molecule has 0 saturated heterocycles. The molecule has 1 unspecified atom stereocenters. The van der Waals surface area contributed by atoms with E-state index in [4.69, 9.17) is 11.6 Å². The number of carbonyl (C=O) groups is 1. The van der Waals surface area contributed by atoms with Gasteiger partial charge >= 0.3 is 0 Å². The number of aromatic nitrogens is 1. The first-order valence-corrected chi connectivity index (χ1v) is 7.32. The number of rotatable bonds is 3. The minimum absolute atomic E-state index is 0.255. The summed E-state index contributed by atoms with van der Waals surface area (Å²) >= 11 is 5.86. The van der Waals surface area contributed by atoms with Crippen molar-refractivity contribution in [2.45, 2.75) is 45.1 Å². The Morgan fingerprint density at radius 2 is 2.15 bits per heavy atom. The molecule has 1 atom stereocenters. The molecule has 1 N–H and O–H groups in total. The van der Waals surface area contributed by atoms with Gasteiger partial charge in [0, 0.05) is 11.3 Å². The Morgan fingerprint density at radius 1 is 1.45 bits per heavy atom.